The van der Waals surface area contributed by atoms with Crippen molar-refractivity contribution in [2.24, 2.45) is 0 Å². The van der Waals surface area contributed by atoms with Crippen molar-refractivity contribution in [1.82, 2.24) is 9.97 Å². The molecule has 0 aliphatic carbocycles. The first-order valence-corrected chi connectivity index (χ1v) is 6.71. The number of benzene rings is 1. The highest BCUT2D eigenvalue weighted by Gasteiger charge is 2.03. The summed E-state index contributed by atoms with van der Waals surface area (Å²) in [5, 5.41) is 7.36. The molecular weight excluding hydrogens is 299 g/mol. The van der Waals surface area contributed by atoms with E-state index in [0.29, 0.717) is 34.8 Å². The van der Waals surface area contributed by atoms with E-state index in [9.17, 15) is 0 Å². The van der Waals surface area contributed by atoms with Crippen LogP contribution in [0, 0.1) is 0 Å². The van der Waals surface area contributed by atoms with Gasteiger partial charge >= 0.3 is 0 Å². The van der Waals surface area contributed by atoms with E-state index >= 15 is 0 Å². The second-order valence-corrected chi connectivity index (χ2v) is 4.80. The van der Waals surface area contributed by atoms with E-state index in [1.807, 2.05) is 0 Å². The molecule has 2 rings (SSSR count). The zero-order chi connectivity index (χ0) is 14.4. The van der Waals surface area contributed by atoms with E-state index in [-0.39, 0.29) is 0 Å². The highest BCUT2D eigenvalue weighted by molar-refractivity contribution is 6.36. The lowest BCUT2D eigenvalue weighted by molar-refractivity contribution is 0.210. The Morgan fingerprint density at radius 1 is 1.15 bits per heavy atom. The Morgan fingerprint density at radius 2 is 1.95 bits per heavy atom. The number of nitrogens with one attached hydrogen (secondary N) is 2. The van der Waals surface area contributed by atoms with Gasteiger partial charge in [0.25, 0.3) is 0 Å². The third kappa shape index (κ3) is 4.23. The smallest absolute Gasteiger partial charge is 0.135 e. The van der Waals surface area contributed by atoms with Crippen molar-refractivity contribution in [1.29, 1.82) is 0 Å². The van der Waals surface area contributed by atoms with E-state index in [0.717, 1.165) is 5.69 Å². The largest absolute Gasteiger partial charge is 0.383 e. The number of anilines is 3. The summed E-state index contributed by atoms with van der Waals surface area (Å²) in [6.07, 6.45) is 1.47. The molecule has 0 aliphatic rings. The molecule has 0 spiro atoms. The third-order valence-electron chi connectivity index (χ3n) is 2.47. The maximum Gasteiger partial charge on any atom is 0.135 e. The monoisotopic (exact) mass is 312 g/mol. The first-order chi connectivity index (χ1) is 9.69. The van der Waals surface area contributed by atoms with Crippen LogP contribution in [0.3, 0.4) is 0 Å². The molecule has 0 unspecified atom stereocenters. The summed E-state index contributed by atoms with van der Waals surface area (Å²) >= 11 is 12.0. The molecule has 0 atom stereocenters. The lowest BCUT2D eigenvalue weighted by Crippen LogP contribution is -2.09. The molecule has 0 aliphatic heterocycles. The molecule has 7 heteroatoms. The Balaban J connectivity index is 2.07. The Hall–Kier alpha value is -1.56. The van der Waals surface area contributed by atoms with Crippen molar-refractivity contribution >= 4 is 40.5 Å². The molecule has 0 saturated heterocycles. The molecule has 0 radical (unpaired) electrons. The number of methoxy groups -OCH3 is 1. The van der Waals surface area contributed by atoms with Gasteiger partial charge in [-0.2, -0.15) is 0 Å². The predicted molar refractivity (Wildman–Crippen MR) is 82.1 cm³/mol. The minimum atomic E-state index is 0.532. The molecule has 2 N–H and O–H groups in total. The van der Waals surface area contributed by atoms with Gasteiger partial charge in [-0.1, -0.05) is 23.2 Å². The van der Waals surface area contributed by atoms with Crippen LogP contribution < -0.4 is 10.6 Å². The first-order valence-electron chi connectivity index (χ1n) is 5.96. The van der Waals surface area contributed by atoms with Gasteiger partial charge in [0.15, 0.2) is 0 Å². The van der Waals surface area contributed by atoms with Crippen LogP contribution in [0.4, 0.5) is 17.3 Å². The Kier molecular flexibility index (Phi) is 5.40. The SMILES string of the molecule is COCCNc1cc(Nc2ccc(Cl)cc2Cl)ncn1. The van der Waals surface area contributed by atoms with E-state index in [1.165, 1.54) is 6.33 Å². The fourth-order valence-electron chi connectivity index (χ4n) is 1.53. The van der Waals surface area contributed by atoms with Gasteiger partial charge in [0, 0.05) is 24.7 Å². The highest BCUT2D eigenvalue weighted by atomic mass is 35.5. The van der Waals surface area contributed by atoms with Crippen LogP contribution in [-0.2, 0) is 4.74 Å². The molecule has 5 nitrogen and oxygen atoms in total. The fraction of sp³-hybridized carbons (Fsp3) is 0.231. The lowest BCUT2D eigenvalue weighted by atomic mass is 10.3. The van der Waals surface area contributed by atoms with E-state index in [1.54, 1.807) is 31.4 Å². The van der Waals surface area contributed by atoms with Gasteiger partial charge in [-0.15, -0.1) is 0 Å². The normalized spacial score (nSPS) is 10.3. The molecule has 0 saturated carbocycles. The minimum Gasteiger partial charge on any atom is -0.383 e. The molecule has 2 aromatic rings. The molecule has 0 bridgehead atoms. The van der Waals surface area contributed by atoms with Crippen LogP contribution in [0.2, 0.25) is 10.0 Å². The minimum absolute atomic E-state index is 0.532. The van der Waals surface area contributed by atoms with E-state index in [4.69, 9.17) is 27.9 Å². The third-order valence-corrected chi connectivity index (χ3v) is 3.02. The molecular formula is C13H14Cl2N4O. The lowest BCUT2D eigenvalue weighted by Gasteiger charge is -2.09. The van der Waals surface area contributed by atoms with Crippen molar-refractivity contribution < 1.29 is 4.74 Å². The van der Waals surface area contributed by atoms with Gasteiger partial charge in [-0.3, -0.25) is 0 Å². The van der Waals surface area contributed by atoms with Crippen molar-refractivity contribution in [2.45, 2.75) is 0 Å². The number of halogens is 2. The number of hydrogen-bond donors (Lipinski definition) is 2. The summed E-state index contributed by atoms with van der Waals surface area (Å²) in [5.41, 5.74) is 0.734. The number of rotatable bonds is 6. The molecule has 1 aromatic carbocycles. The maximum atomic E-state index is 6.10. The predicted octanol–water partition coefficient (Wildman–Crippen LogP) is 3.59. The van der Waals surface area contributed by atoms with Crippen LogP contribution in [-0.4, -0.2) is 30.2 Å². The van der Waals surface area contributed by atoms with Crippen molar-refractivity contribution in [3.05, 3.63) is 40.6 Å². The summed E-state index contributed by atoms with van der Waals surface area (Å²) in [6, 6.07) is 7.02. The average molecular weight is 313 g/mol. The highest BCUT2D eigenvalue weighted by Crippen LogP contribution is 2.27. The van der Waals surface area contributed by atoms with E-state index in [2.05, 4.69) is 20.6 Å². The van der Waals surface area contributed by atoms with Crippen LogP contribution in [0.1, 0.15) is 0 Å². The summed E-state index contributed by atoms with van der Waals surface area (Å²) in [6.45, 7) is 1.28. The second-order valence-electron chi connectivity index (χ2n) is 3.96. The van der Waals surface area contributed by atoms with Crippen LogP contribution >= 0.6 is 23.2 Å². The Morgan fingerprint density at radius 3 is 2.70 bits per heavy atom. The van der Waals surface area contributed by atoms with Crippen LogP contribution in [0.25, 0.3) is 0 Å². The number of hydrogen-bond acceptors (Lipinski definition) is 5. The van der Waals surface area contributed by atoms with Gasteiger partial charge in [0.05, 0.1) is 17.3 Å². The number of aromatic nitrogens is 2. The van der Waals surface area contributed by atoms with Gasteiger partial charge < -0.3 is 15.4 Å². The van der Waals surface area contributed by atoms with Gasteiger partial charge in [0.2, 0.25) is 0 Å². The molecule has 106 valence electrons. The number of ether oxygens (including phenoxy) is 1. The molecule has 1 heterocycles. The topological polar surface area (TPSA) is 59.1 Å². The summed E-state index contributed by atoms with van der Waals surface area (Å²) in [4.78, 5) is 8.26. The maximum absolute atomic E-state index is 6.10. The second kappa shape index (κ2) is 7.28. The molecule has 1 aromatic heterocycles. The van der Waals surface area contributed by atoms with Gasteiger partial charge in [-0.05, 0) is 18.2 Å². The van der Waals surface area contributed by atoms with Gasteiger partial charge in [-0.25, -0.2) is 9.97 Å². The Labute approximate surface area is 127 Å². The quantitative estimate of drug-likeness (QED) is 0.798. The van der Waals surface area contributed by atoms with Gasteiger partial charge in [0.1, 0.15) is 18.0 Å². The zero-order valence-electron chi connectivity index (χ0n) is 10.9. The summed E-state index contributed by atoms with van der Waals surface area (Å²) in [5.74, 6) is 1.36. The molecule has 0 amide bonds. The summed E-state index contributed by atoms with van der Waals surface area (Å²) in [7, 11) is 1.65. The van der Waals surface area contributed by atoms with Crippen molar-refractivity contribution in [3.63, 3.8) is 0 Å². The van der Waals surface area contributed by atoms with Crippen LogP contribution in [0.5, 0.6) is 0 Å². The van der Waals surface area contributed by atoms with Crippen molar-refractivity contribution in [3.8, 4) is 0 Å². The van der Waals surface area contributed by atoms with Crippen molar-refractivity contribution in [2.75, 3.05) is 30.9 Å². The Bertz CT molecular complexity index is 580. The molecule has 0 fully saturated rings. The van der Waals surface area contributed by atoms with E-state index < -0.39 is 0 Å². The molecule has 20 heavy (non-hydrogen) atoms. The summed E-state index contributed by atoms with van der Waals surface area (Å²) < 4.78 is 4.96. The fourth-order valence-corrected chi connectivity index (χ4v) is 1.99. The van der Waals surface area contributed by atoms with Crippen LogP contribution in [0.15, 0.2) is 30.6 Å². The zero-order valence-corrected chi connectivity index (χ0v) is 12.4. The first kappa shape index (κ1) is 14.8. The average Bonchev–Trinajstić information content (AvgIpc) is 2.43. The standard InChI is InChI=1S/C13H14Cl2N4O/c1-20-5-4-16-12-7-13(18-8-17-12)19-11-3-2-9(14)6-10(11)15/h2-3,6-8H,4-5H2,1H3,(H2,16,17,18,19). The number of nitrogens with zero attached hydrogens (tertiary/aromatic N) is 2.